The molecule has 0 saturated carbocycles. The quantitative estimate of drug-likeness (QED) is 0.383. The maximum atomic E-state index is 13.5. The van der Waals surface area contributed by atoms with Crippen molar-refractivity contribution in [3.63, 3.8) is 0 Å². The number of aryl methyl sites for hydroxylation is 1. The fourth-order valence-electron chi connectivity index (χ4n) is 3.81. The Morgan fingerprint density at radius 3 is 2.59 bits per heavy atom. The minimum absolute atomic E-state index is 0.255. The van der Waals surface area contributed by atoms with Crippen molar-refractivity contribution in [2.75, 3.05) is 11.9 Å². The van der Waals surface area contributed by atoms with Gasteiger partial charge in [0.2, 0.25) is 0 Å². The fraction of sp³-hybridized carbons (Fsp3) is 0.130. The van der Waals surface area contributed by atoms with Gasteiger partial charge in [0.25, 0.3) is 5.56 Å². The second-order valence-corrected chi connectivity index (χ2v) is 7.51. The maximum absolute atomic E-state index is 13.5. The highest BCUT2D eigenvalue weighted by Gasteiger charge is 2.26. The molecule has 1 aliphatic heterocycles. The molecule has 0 atom stereocenters. The van der Waals surface area contributed by atoms with Crippen LogP contribution in [0.3, 0.4) is 0 Å². The summed E-state index contributed by atoms with van der Waals surface area (Å²) in [4.78, 5) is 12.6. The van der Waals surface area contributed by atoms with Crippen LogP contribution in [0.1, 0.15) is 5.56 Å². The SMILES string of the molecule is Cc1ccccc1-n1nc(-c2c(-c3ccc(F)cc3)nn3c2NC/C(=N/O)C3)ccc1=O. The predicted octanol–water partition coefficient (Wildman–Crippen LogP) is 3.47. The Balaban J connectivity index is 1.74. The third-order valence-electron chi connectivity index (χ3n) is 5.40. The van der Waals surface area contributed by atoms with Crippen molar-refractivity contribution in [1.82, 2.24) is 19.6 Å². The van der Waals surface area contributed by atoms with Gasteiger partial charge in [0.1, 0.15) is 17.3 Å². The number of hydrogen-bond donors (Lipinski definition) is 2. The topological polar surface area (TPSA) is 97.3 Å². The summed E-state index contributed by atoms with van der Waals surface area (Å²) < 4.78 is 16.6. The van der Waals surface area contributed by atoms with Gasteiger partial charge in [-0.1, -0.05) is 23.4 Å². The molecule has 0 aliphatic carbocycles. The van der Waals surface area contributed by atoms with E-state index in [1.54, 1.807) is 22.9 Å². The highest BCUT2D eigenvalue weighted by atomic mass is 19.1. The van der Waals surface area contributed by atoms with E-state index < -0.39 is 0 Å². The molecule has 0 amide bonds. The van der Waals surface area contributed by atoms with Gasteiger partial charge in [-0.3, -0.25) is 4.79 Å². The van der Waals surface area contributed by atoms with Crippen molar-refractivity contribution >= 4 is 11.5 Å². The van der Waals surface area contributed by atoms with E-state index in [9.17, 15) is 14.4 Å². The van der Waals surface area contributed by atoms with Crippen LogP contribution in [0.5, 0.6) is 0 Å². The largest absolute Gasteiger partial charge is 0.411 e. The molecule has 32 heavy (non-hydrogen) atoms. The Morgan fingerprint density at radius 2 is 1.84 bits per heavy atom. The third-order valence-corrected chi connectivity index (χ3v) is 5.40. The number of nitrogens with one attached hydrogen (secondary N) is 1. The first-order valence-electron chi connectivity index (χ1n) is 10.0. The second kappa shape index (κ2) is 7.77. The minimum atomic E-state index is -0.349. The molecule has 2 aromatic heterocycles. The summed E-state index contributed by atoms with van der Waals surface area (Å²) in [6, 6.07) is 16.7. The van der Waals surface area contributed by atoms with E-state index in [4.69, 9.17) is 0 Å². The number of fused-ring (bicyclic) bond motifs is 1. The Labute approximate surface area is 182 Å². The van der Waals surface area contributed by atoms with Crippen LogP contribution in [0.2, 0.25) is 0 Å². The molecular weight excluding hydrogens is 411 g/mol. The molecule has 0 fully saturated rings. The van der Waals surface area contributed by atoms with Crippen molar-refractivity contribution in [2.24, 2.45) is 5.16 Å². The van der Waals surface area contributed by atoms with E-state index in [1.807, 2.05) is 31.2 Å². The molecule has 3 heterocycles. The summed E-state index contributed by atoms with van der Waals surface area (Å²) in [6.07, 6.45) is 0. The molecule has 9 heteroatoms. The maximum Gasteiger partial charge on any atom is 0.271 e. The third kappa shape index (κ3) is 3.33. The number of rotatable bonds is 3. The van der Waals surface area contributed by atoms with Crippen LogP contribution < -0.4 is 10.9 Å². The van der Waals surface area contributed by atoms with E-state index in [0.717, 1.165) is 5.56 Å². The molecule has 5 rings (SSSR count). The summed E-state index contributed by atoms with van der Waals surface area (Å²) in [6.45, 7) is 2.55. The first kappa shape index (κ1) is 19.7. The zero-order valence-electron chi connectivity index (χ0n) is 17.2. The predicted molar refractivity (Wildman–Crippen MR) is 119 cm³/mol. The van der Waals surface area contributed by atoms with E-state index >= 15 is 0 Å². The number of anilines is 1. The van der Waals surface area contributed by atoms with E-state index in [1.165, 1.54) is 22.9 Å². The van der Waals surface area contributed by atoms with Gasteiger partial charge in [-0.2, -0.15) is 14.9 Å². The number of benzene rings is 2. The first-order chi connectivity index (χ1) is 15.5. The van der Waals surface area contributed by atoms with Crippen LogP contribution in [0.15, 0.2) is 70.6 Å². The molecule has 2 aromatic carbocycles. The lowest BCUT2D eigenvalue weighted by molar-refractivity contribution is 0.315. The van der Waals surface area contributed by atoms with Crippen LogP contribution >= 0.6 is 0 Å². The Bertz CT molecular complexity index is 1410. The molecule has 0 saturated heterocycles. The van der Waals surface area contributed by atoms with Gasteiger partial charge in [0.05, 0.1) is 35.7 Å². The molecule has 0 unspecified atom stereocenters. The second-order valence-electron chi connectivity index (χ2n) is 7.51. The summed E-state index contributed by atoms with van der Waals surface area (Å²) >= 11 is 0. The lowest BCUT2D eigenvalue weighted by Gasteiger charge is -2.18. The lowest BCUT2D eigenvalue weighted by Crippen LogP contribution is -2.28. The molecule has 0 spiro atoms. The summed E-state index contributed by atoms with van der Waals surface area (Å²) in [5, 5.41) is 25.1. The standard InChI is InChI=1S/C23H19FN6O2/c1-14-4-2-3-5-19(14)30-20(31)11-10-18(26-30)21-22(15-6-8-16(24)9-7-15)27-29-13-17(28-32)12-25-23(21)29/h2-11,25,32H,12-13H2,1H3/b28-17-. The molecule has 160 valence electrons. The highest BCUT2D eigenvalue weighted by Crippen LogP contribution is 2.37. The van der Waals surface area contributed by atoms with Crippen molar-refractivity contribution in [1.29, 1.82) is 0 Å². The number of nitrogens with zero attached hydrogens (tertiary/aromatic N) is 5. The normalized spacial score (nSPS) is 14.2. The van der Waals surface area contributed by atoms with E-state index in [-0.39, 0.29) is 11.4 Å². The zero-order chi connectivity index (χ0) is 22.2. The average molecular weight is 430 g/mol. The van der Waals surface area contributed by atoms with Crippen molar-refractivity contribution in [2.45, 2.75) is 13.5 Å². The van der Waals surface area contributed by atoms with Gasteiger partial charge in [0.15, 0.2) is 0 Å². The van der Waals surface area contributed by atoms with E-state index in [0.29, 0.717) is 52.8 Å². The molecule has 8 nitrogen and oxygen atoms in total. The van der Waals surface area contributed by atoms with E-state index in [2.05, 4.69) is 20.7 Å². The molecule has 0 bridgehead atoms. The lowest BCUT2D eigenvalue weighted by atomic mass is 10.0. The van der Waals surface area contributed by atoms with Gasteiger partial charge in [-0.05, 0) is 48.9 Å². The molecule has 2 N–H and O–H groups in total. The van der Waals surface area contributed by atoms with Crippen molar-refractivity contribution in [3.8, 4) is 28.2 Å². The average Bonchev–Trinajstić information content (AvgIpc) is 3.19. The smallest absolute Gasteiger partial charge is 0.271 e. The number of aromatic nitrogens is 4. The van der Waals surface area contributed by atoms with Crippen LogP contribution in [0.4, 0.5) is 10.2 Å². The van der Waals surface area contributed by atoms with Gasteiger partial charge in [0, 0.05) is 11.6 Å². The zero-order valence-corrected chi connectivity index (χ0v) is 17.2. The monoisotopic (exact) mass is 430 g/mol. The van der Waals surface area contributed by atoms with Crippen LogP contribution in [-0.4, -0.2) is 37.0 Å². The highest BCUT2D eigenvalue weighted by molar-refractivity contribution is 5.94. The van der Waals surface area contributed by atoms with Crippen molar-refractivity contribution in [3.05, 3.63) is 82.4 Å². The number of oxime groups is 1. The number of halogens is 1. The van der Waals surface area contributed by atoms with Crippen LogP contribution in [-0.2, 0) is 6.54 Å². The molecule has 4 aromatic rings. The van der Waals surface area contributed by atoms with Crippen LogP contribution in [0.25, 0.3) is 28.2 Å². The molecular formula is C23H19FN6O2. The van der Waals surface area contributed by atoms with Gasteiger partial charge < -0.3 is 10.5 Å². The van der Waals surface area contributed by atoms with Gasteiger partial charge in [-0.15, -0.1) is 0 Å². The molecule has 1 aliphatic rings. The first-order valence-corrected chi connectivity index (χ1v) is 10.0. The molecule has 0 radical (unpaired) electrons. The van der Waals surface area contributed by atoms with Gasteiger partial charge in [-0.25, -0.2) is 9.07 Å². The Morgan fingerprint density at radius 1 is 1.06 bits per heavy atom. The fourth-order valence-corrected chi connectivity index (χ4v) is 3.81. The van der Waals surface area contributed by atoms with Crippen molar-refractivity contribution < 1.29 is 9.60 Å². The minimum Gasteiger partial charge on any atom is -0.411 e. The summed E-state index contributed by atoms with van der Waals surface area (Å²) in [5.74, 6) is 0.331. The summed E-state index contributed by atoms with van der Waals surface area (Å²) in [7, 11) is 0. The van der Waals surface area contributed by atoms with Gasteiger partial charge >= 0.3 is 0 Å². The number of hydrogen-bond acceptors (Lipinski definition) is 6. The summed E-state index contributed by atoms with van der Waals surface area (Å²) in [5.41, 5.74) is 4.35. The Kier molecular flexibility index (Phi) is 4.78. The Hall–Kier alpha value is -4.27. The van der Waals surface area contributed by atoms with Crippen LogP contribution in [0, 0.1) is 12.7 Å². The number of para-hydroxylation sites is 1.